The highest BCUT2D eigenvalue weighted by molar-refractivity contribution is 5.72. The first-order valence-electron chi connectivity index (χ1n) is 10.2. The van der Waals surface area contributed by atoms with E-state index in [0.29, 0.717) is 0 Å². The Balaban J connectivity index is 1.82. The van der Waals surface area contributed by atoms with E-state index in [0.717, 1.165) is 38.4 Å². The minimum absolute atomic E-state index is 0.00374. The van der Waals surface area contributed by atoms with Gasteiger partial charge in [0.1, 0.15) is 22.9 Å². The van der Waals surface area contributed by atoms with E-state index in [1.807, 2.05) is 13.8 Å². The van der Waals surface area contributed by atoms with Crippen molar-refractivity contribution in [2.75, 3.05) is 12.3 Å². The maximum atomic E-state index is 14.9. The Bertz CT molecular complexity index is 1080. The number of alkyl halides is 3. The molecule has 2 fully saturated rings. The van der Waals surface area contributed by atoms with Gasteiger partial charge in [0.15, 0.2) is 0 Å². The summed E-state index contributed by atoms with van der Waals surface area (Å²) < 4.78 is 76.4. The molecule has 1 aliphatic heterocycles. The standard InChI is InChI=1S/C22H24F5N3O2/c1-10-16(22(25,26)27)12(7-14(28)17(10)24)18-13(23)6-11(9-31)19(30-18)32-20(2,3)15-8-21(15)4-5-29-21/h6-7,15,29,31H,4-5,8-9,28H2,1-3H3. The molecule has 2 heterocycles. The molecule has 2 atom stereocenters. The summed E-state index contributed by atoms with van der Waals surface area (Å²) in [5, 5.41) is 13.0. The van der Waals surface area contributed by atoms with Crippen LogP contribution in [0.1, 0.15) is 43.4 Å². The van der Waals surface area contributed by atoms with Gasteiger partial charge in [-0.1, -0.05) is 0 Å². The molecule has 0 radical (unpaired) electrons. The highest BCUT2D eigenvalue weighted by atomic mass is 19.4. The zero-order valence-electron chi connectivity index (χ0n) is 17.8. The minimum Gasteiger partial charge on any atom is -0.471 e. The summed E-state index contributed by atoms with van der Waals surface area (Å²) in [5.74, 6) is -2.39. The van der Waals surface area contributed by atoms with E-state index in [2.05, 4.69) is 10.3 Å². The molecule has 1 aliphatic carbocycles. The lowest BCUT2D eigenvalue weighted by Crippen LogP contribution is -2.51. The second-order valence-electron chi connectivity index (χ2n) is 9.06. The largest absolute Gasteiger partial charge is 0.471 e. The molecule has 2 unspecified atom stereocenters. The first kappa shape index (κ1) is 22.7. The molecule has 5 nitrogen and oxygen atoms in total. The van der Waals surface area contributed by atoms with Crippen LogP contribution in [0, 0.1) is 24.5 Å². The number of benzene rings is 1. The molecule has 32 heavy (non-hydrogen) atoms. The predicted octanol–water partition coefficient (Wildman–Crippen LogP) is 4.34. The molecule has 2 aromatic rings. The molecule has 1 aromatic carbocycles. The normalized spacial score (nSPS) is 22.7. The fourth-order valence-electron chi connectivity index (χ4n) is 4.73. The van der Waals surface area contributed by atoms with Crippen LogP contribution in [0.3, 0.4) is 0 Å². The molecule has 1 aromatic heterocycles. The Morgan fingerprint density at radius 2 is 1.94 bits per heavy atom. The predicted molar refractivity (Wildman–Crippen MR) is 108 cm³/mol. The van der Waals surface area contributed by atoms with Crippen molar-refractivity contribution in [3.8, 4) is 17.1 Å². The van der Waals surface area contributed by atoms with Crippen molar-refractivity contribution in [3.05, 3.63) is 40.5 Å². The first-order valence-corrected chi connectivity index (χ1v) is 10.2. The third-order valence-electron chi connectivity index (χ3n) is 6.57. The number of hydrogen-bond donors (Lipinski definition) is 3. The molecule has 4 N–H and O–H groups in total. The zero-order chi connectivity index (χ0) is 23.6. The van der Waals surface area contributed by atoms with Crippen LogP contribution < -0.4 is 15.8 Å². The number of aliphatic hydroxyl groups excluding tert-OH is 1. The lowest BCUT2D eigenvalue weighted by Gasteiger charge is -2.35. The van der Waals surface area contributed by atoms with Crippen molar-refractivity contribution in [1.82, 2.24) is 10.3 Å². The summed E-state index contributed by atoms with van der Waals surface area (Å²) in [5.41, 5.74) is 0.708. The van der Waals surface area contributed by atoms with E-state index >= 15 is 0 Å². The van der Waals surface area contributed by atoms with Crippen molar-refractivity contribution >= 4 is 5.69 Å². The van der Waals surface area contributed by atoms with E-state index in [4.69, 9.17) is 10.5 Å². The van der Waals surface area contributed by atoms with Gasteiger partial charge in [-0.3, -0.25) is 0 Å². The monoisotopic (exact) mass is 457 g/mol. The molecule has 2 aliphatic rings. The fraction of sp³-hybridized carbons (Fsp3) is 0.500. The van der Waals surface area contributed by atoms with E-state index < -0.39 is 58.1 Å². The third kappa shape index (κ3) is 3.59. The van der Waals surface area contributed by atoms with Crippen LogP contribution in [-0.4, -0.2) is 27.8 Å². The SMILES string of the molecule is Cc1c(F)c(N)cc(-c2nc(OC(C)(C)C3CC34CCN4)c(CO)cc2F)c1C(F)(F)F. The summed E-state index contributed by atoms with van der Waals surface area (Å²) in [6.07, 6.45) is -3.12. The number of aromatic nitrogens is 1. The van der Waals surface area contributed by atoms with E-state index in [1.165, 1.54) is 0 Å². The fourth-order valence-corrected chi connectivity index (χ4v) is 4.73. The summed E-state index contributed by atoms with van der Waals surface area (Å²) in [7, 11) is 0. The van der Waals surface area contributed by atoms with Crippen LogP contribution in [0.2, 0.25) is 0 Å². The number of ether oxygens (including phenoxy) is 1. The topological polar surface area (TPSA) is 80.4 Å². The van der Waals surface area contributed by atoms with Gasteiger partial charge in [-0.2, -0.15) is 13.2 Å². The molecule has 1 saturated carbocycles. The maximum absolute atomic E-state index is 14.9. The number of nitrogens with zero attached hydrogens (tertiary/aromatic N) is 1. The zero-order valence-corrected chi connectivity index (χ0v) is 17.8. The van der Waals surface area contributed by atoms with E-state index in [1.54, 1.807) is 0 Å². The summed E-state index contributed by atoms with van der Waals surface area (Å²) in [6, 6.07) is 1.60. The van der Waals surface area contributed by atoms with Crippen molar-refractivity contribution in [3.63, 3.8) is 0 Å². The Labute approximate surface area is 181 Å². The Kier molecular flexibility index (Phi) is 5.17. The van der Waals surface area contributed by atoms with Gasteiger partial charge in [0.05, 0.1) is 17.9 Å². The number of nitrogens with two attached hydrogens (primary N) is 1. The smallest absolute Gasteiger partial charge is 0.417 e. The minimum atomic E-state index is -4.98. The molecule has 0 bridgehead atoms. The molecule has 174 valence electrons. The number of anilines is 1. The Hall–Kier alpha value is -2.46. The molecule has 1 saturated heterocycles. The van der Waals surface area contributed by atoms with Crippen molar-refractivity contribution in [2.24, 2.45) is 5.92 Å². The van der Waals surface area contributed by atoms with Crippen molar-refractivity contribution in [2.45, 2.75) is 57.5 Å². The maximum Gasteiger partial charge on any atom is 0.417 e. The van der Waals surface area contributed by atoms with Gasteiger partial charge in [0.25, 0.3) is 0 Å². The summed E-state index contributed by atoms with van der Waals surface area (Å²) >= 11 is 0. The van der Waals surface area contributed by atoms with Crippen LogP contribution in [0.4, 0.5) is 27.6 Å². The molecular formula is C22H24F5N3O2. The van der Waals surface area contributed by atoms with Gasteiger partial charge in [-0.05, 0) is 57.9 Å². The molecular weight excluding hydrogens is 433 g/mol. The Morgan fingerprint density at radius 3 is 2.44 bits per heavy atom. The van der Waals surface area contributed by atoms with E-state index in [-0.39, 0.29) is 22.9 Å². The number of pyridine rings is 1. The quantitative estimate of drug-likeness (QED) is 0.460. The lowest BCUT2D eigenvalue weighted by molar-refractivity contribution is -0.137. The lowest BCUT2D eigenvalue weighted by atomic mass is 9.92. The first-order chi connectivity index (χ1) is 14.8. The summed E-state index contributed by atoms with van der Waals surface area (Å²) in [6.45, 7) is 4.84. The Morgan fingerprint density at radius 1 is 1.28 bits per heavy atom. The third-order valence-corrected chi connectivity index (χ3v) is 6.57. The van der Waals surface area contributed by atoms with Crippen LogP contribution >= 0.6 is 0 Å². The van der Waals surface area contributed by atoms with Crippen molar-refractivity contribution < 1.29 is 31.8 Å². The van der Waals surface area contributed by atoms with Gasteiger partial charge in [-0.25, -0.2) is 13.8 Å². The highest BCUT2D eigenvalue weighted by Gasteiger charge is 2.64. The molecule has 10 heteroatoms. The molecule has 4 rings (SSSR count). The molecule has 1 spiro atoms. The van der Waals surface area contributed by atoms with Gasteiger partial charge in [0, 0.05) is 22.6 Å². The van der Waals surface area contributed by atoms with Crippen LogP contribution in [-0.2, 0) is 12.8 Å². The number of halogens is 5. The van der Waals surface area contributed by atoms with Gasteiger partial charge in [0.2, 0.25) is 5.88 Å². The average molecular weight is 457 g/mol. The summed E-state index contributed by atoms with van der Waals surface area (Å²) in [4.78, 5) is 4.03. The van der Waals surface area contributed by atoms with E-state index in [9.17, 15) is 27.1 Å². The average Bonchev–Trinajstić information content (AvgIpc) is 3.43. The number of aliphatic hydroxyl groups is 1. The number of hydrogen-bond acceptors (Lipinski definition) is 5. The van der Waals surface area contributed by atoms with Crippen LogP contribution in [0.15, 0.2) is 12.1 Å². The van der Waals surface area contributed by atoms with Gasteiger partial charge < -0.3 is 20.9 Å². The second kappa shape index (κ2) is 7.28. The van der Waals surface area contributed by atoms with Crippen LogP contribution in [0.25, 0.3) is 11.3 Å². The second-order valence-corrected chi connectivity index (χ2v) is 9.06. The number of nitrogen functional groups attached to an aromatic ring is 1. The van der Waals surface area contributed by atoms with Gasteiger partial charge >= 0.3 is 6.18 Å². The van der Waals surface area contributed by atoms with Crippen molar-refractivity contribution in [1.29, 1.82) is 0 Å². The van der Waals surface area contributed by atoms with Gasteiger partial charge in [-0.15, -0.1) is 0 Å². The number of nitrogens with one attached hydrogen (secondary N) is 1. The number of rotatable bonds is 5. The molecule has 0 amide bonds. The highest BCUT2D eigenvalue weighted by Crippen LogP contribution is 2.56. The van der Waals surface area contributed by atoms with Crippen LogP contribution in [0.5, 0.6) is 5.88 Å².